The molecule has 1 fully saturated rings. The number of hydrogen-bond donors (Lipinski definition) is 2. The van der Waals surface area contributed by atoms with E-state index in [-0.39, 0.29) is 17.8 Å². The molecule has 30 heavy (non-hydrogen) atoms. The van der Waals surface area contributed by atoms with Gasteiger partial charge in [-0.1, -0.05) is 46.3 Å². The molecular formula is C23H22BrFN2O3. The summed E-state index contributed by atoms with van der Waals surface area (Å²) in [6.07, 6.45) is 3.58. The average Bonchev–Trinajstić information content (AvgIpc) is 3.21. The average molecular weight is 473 g/mol. The number of rotatable bonds is 7. The first-order valence-corrected chi connectivity index (χ1v) is 10.5. The summed E-state index contributed by atoms with van der Waals surface area (Å²) >= 11 is 3.60. The first kappa shape index (κ1) is 21.9. The number of aliphatic hydroxyl groups excluding tert-OH is 1. The molecule has 0 spiro atoms. The van der Waals surface area contributed by atoms with Crippen LogP contribution in [0.5, 0.6) is 0 Å². The maximum Gasteiger partial charge on any atom is 0.250 e. The van der Waals surface area contributed by atoms with E-state index in [4.69, 9.17) is 5.41 Å². The number of benzene rings is 2. The molecule has 0 radical (unpaired) electrons. The number of carbonyl (C=O) groups excluding carboxylic acids is 2. The second-order valence-electron chi connectivity index (χ2n) is 7.23. The molecule has 0 aliphatic carbocycles. The van der Waals surface area contributed by atoms with Gasteiger partial charge in [0.2, 0.25) is 5.78 Å². The normalized spacial score (nSPS) is 17.6. The molecule has 0 unspecified atom stereocenters. The number of amides is 1. The summed E-state index contributed by atoms with van der Waals surface area (Å²) in [5, 5.41) is 16.6. The van der Waals surface area contributed by atoms with Gasteiger partial charge in [-0.3, -0.25) is 9.59 Å². The van der Waals surface area contributed by atoms with Crippen molar-refractivity contribution in [2.24, 2.45) is 0 Å². The Balaban J connectivity index is 1.89. The van der Waals surface area contributed by atoms with Crippen LogP contribution in [0.15, 0.2) is 64.8 Å². The molecular weight excluding hydrogens is 451 g/mol. The Morgan fingerprint density at radius 2 is 1.93 bits per heavy atom. The Morgan fingerprint density at radius 1 is 1.23 bits per heavy atom. The van der Waals surface area contributed by atoms with Gasteiger partial charge in [-0.2, -0.15) is 0 Å². The number of Topliss-reactive ketones (excluding diaryl/α,β-unsaturated/α-hetero) is 1. The van der Waals surface area contributed by atoms with Crippen LogP contribution in [0.2, 0.25) is 0 Å². The fourth-order valence-electron chi connectivity index (χ4n) is 3.88. The third kappa shape index (κ3) is 5.02. The van der Waals surface area contributed by atoms with Crippen molar-refractivity contribution >= 4 is 33.8 Å². The summed E-state index contributed by atoms with van der Waals surface area (Å²) < 4.78 is 14.4. The zero-order chi connectivity index (χ0) is 21.7. The van der Waals surface area contributed by atoms with Crippen LogP contribution in [0.1, 0.15) is 36.3 Å². The second kappa shape index (κ2) is 9.80. The number of aliphatic hydroxyl groups is 1. The first-order valence-electron chi connectivity index (χ1n) is 9.66. The fourth-order valence-corrected chi connectivity index (χ4v) is 4.44. The summed E-state index contributed by atoms with van der Waals surface area (Å²) in [5.41, 5.74) is 1.99. The molecule has 2 atom stereocenters. The van der Waals surface area contributed by atoms with Gasteiger partial charge in [0.25, 0.3) is 5.91 Å². The monoisotopic (exact) mass is 472 g/mol. The lowest BCUT2D eigenvalue weighted by molar-refractivity contribution is -0.127. The summed E-state index contributed by atoms with van der Waals surface area (Å²) in [4.78, 5) is 25.7. The molecule has 7 heteroatoms. The van der Waals surface area contributed by atoms with Crippen molar-refractivity contribution in [1.29, 1.82) is 5.41 Å². The lowest BCUT2D eigenvalue weighted by atomic mass is 9.85. The van der Waals surface area contributed by atoms with Gasteiger partial charge in [-0.15, -0.1) is 0 Å². The number of nitrogens with one attached hydrogen (secondary N) is 1. The summed E-state index contributed by atoms with van der Waals surface area (Å²) in [5.74, 6) is -2.47. The Hall–Kier alpha value is -2.80. The van der Waals surface area contributed by atoms with Crippen LogP contribution in [0.25, 0.3) is 0 Å². The van der Waals surface area contributed by atoms with E-state index in [1.54, 1.807) is 17.0 Å². The lowest BCUT2D eigenvalue weighted by Crippen LogP contribution is -2.36. The highest BCUT2D eigenvalue weighted by molar-refractivity contribution is 9.10. The number of halogens is 2. The van der Waals surface area contributed by atoms with E-state index in [2.05, 4.69) is 15.9 Å². The largest absolute Gasteiger partial charge is 0.504 e. The van der Waals surface area contributed by atoms with Crippen LogP contribution in [0.3, 0.4) is 0 Å². The molecule has 3 rings (SSSR count). The van der Waals surface area contributed by atoms with Gasteiger partial charge in [-0.05, 0) is 48.6 Å². The van der Waals surface area contributed by atoms with Crippen LogP contribution in [0.4, 0.5) is 4.39 Å². The SMILES string of the molecule is N=CC(=O)/C(O)=C/C(=O)N1CCC[C@@H]1C[C@@H](c1ccc(F)cc1)c1ccccc1Br. The van der Waals surface area contributed by atoms with Gasteiger partial charge in [0.15, 0.2) is 5.76 Å². The van der Waals surface area contributed by atoms with Crippen LogP contribution in [0, 0.1) is 11.2 Å². The van der Waals surface area contributed by atoms with Gasteiger partial charge in [0, 0.05) is 29.1 Å². The number of ketones is 1. The van der Waals surface area contributed by atoms with Crippen molar-refractivity contribution in [3.63, 3.8) is 0 Å². The maximum atomic E-state index is 13.5. The van der Waals surface area contributed by atoms with Crippen LogP contribution in [-0.4, -0.2) is 40.5 Å². The van der Waals surface area contributed by atoms with Gasteiger partial charge >= 0.3 is 0 Å². The van der Waals surface area contributed by atoms with E-state index in [1.807, 2.05) is 24.3 Å². The molecule has 0 aromatic heterocycles. The molecule has 156 valence electrons. The molecule has 2 aromatic carbocycles. The number of carbonyl (C=O) groups is 2. The highest BCUT2D eigenvalue weighted by atomic mass is 79.9. The molecule has 1 amide bonds. The molecule has 0 saturated carbocycles. The number of likely N-dealkylation sites (tertiary alicyclic amines) is 1. The van der Waals surface area contributed by atoms with Crippen LogP contribution < -0.4 is 0 Å². The van der Waals surface area contributed by atoms with Gasteiger partial charge < -0.3 is 15.4 Å². The van der Waals surface area contributed by atoms with Gasteiger partial charge in [-0.25, -0.2) is 4.39 Å². The Kier molecular flexibility index (Phi) is 7.15. The number of hydrogen-bond acceptors (Lipinski definition) is 4. The summed E-state index contributed by atoms with van der Waals surface area (Å²) in [6.45, 7) is 0.526. The Bertz CT molecular complexity index is 975. The maximum absolute atomic E-state index is 13.5. The summed E-state index contributed by atoms with van der Waals surface area (Å²) in [6, 6.07) is 14.1. The number of allylic oxidation sites excluding steroid dienone is 1. The zero-order valence-corrected chi connectivity index (χ0v) is 17.8. The van der Waals surface area contributed by atoms with Crippen molar-refractivity contribution in [2.75, 3.05) is 6.54 Å². The minimum absolute atomic E-state index is 0.0691. The molecule has 1 aliphatic rings. The highest BCUT2D eigenvalue weighted by Crippen LogP contribution is 2.37. The van der Waals surface area contributed by atoms with E-state index < -0.39 is 17.4 Å². The van der Waals surface area contributed by atoms with Crippen molar-refractivity contribution in [3.05, 3.63) is 81.8 Å². The van der Waals surface area contributed by atoms with Crippen molar-refractivity contribution in [1.82, 2.24) is 4.90 Å². The Labute approximate surface area is 182 Å². The first-order chi connectivity index (χ1) is 14.4. The van der Waals surface area contributed by atoms with E-state index in [0.29, 0.717) is 19.2 Å². The lowest BCUT2D eigenvalue weighted by Gasteiger charge is -2.29. The van der Waals surface area contributed by atoms with Crippen molar-refractivity contribution in [3.8, 4) is 0 Å². The molecule has 1 heterocycles. The van der Waals surface area contributed by atoms with Crippen LogP contribution in [-0.2, 0) is 9.59 Å². The van der Waals surface area contributed by atoms with Crippen molar-refractivity contribution < 1.29 is 19.1 Å². The van der Waals surface area contributed by atoms with Gasteiger partial charge in [0.1, 0.15) is 5.82 Å². The third-order valence-electron chi connectivity index (χ3n) is 5.36. The molecule has 0 bridgehead atoms. The van der Waals surface area contributed by atoms with E-state index >= 15 is 0 Å². The van der Waals surface area contributed by atoms with Crippen molar-refractivity contribution in [2.45, 2.75) is 31.2 Å². The van der Waals surface area contributed by atoms with E-state index in [0.717, 1.165) is 34.5 Å². The highest BCUT2D eigenvalue weighted by Gasteiger charge is 2.32. The molecule has 2 aromatic rings. The fraction of sp³-hybridized carbons (Fsp3) is 0.261. The zero-order valence-electron chi connectivity index (χ0n) is 16.2. The predicted molar refractivity (Wildman–Crippen MR) is 116 cm³/mol. The predicted octanol–water partition coefficient (Wildman–Crippen LogP) is 4.76. The second-order valence-corrected chi connectivity index (χ2v) is 8.08. The molecule has 5 nitrogen and oxygen atoms in total. The quantitative estimate of drug-likeness (QED) is 0.346. The van der Waals surface area contributed by atoms with E-state index in [1.165, 1.54) is 12.1 Å². The summed E-state index contributed by atoms with van der Waals surface area (Å²) in [7, 11) is 0. The Morgan fingerprint density at radius 3 is 2.60 bits per heavy atom. The smallest absolute Gasteiger partial charge is 0.250 e. The third-order valence-corrected chi connectivity index (χ3v) is 6.09. The molecule has 1 saturated heterocycles. The van der Waals surface area contributed by atoms with Crippen LogP contribution >= 0.6 is 15.9 Å². The standard InChI is InChI=1S/C23H22BrFN2O3/c24-20-6-2-1-5-18(20)19(15-7-9-16(25)10-8-15)12-17-4-3-11-27(17)23(30)13-21(28)22(29)14-26/h1-2,5-10,13-14,17,19,26,28H,3-4,11-12H2/b21-13-,26-14?/t17-,19+/m1/s1. The number of nitrogens with zero attached hydrogens (tertiary/aromatic N) is 1. The minimum atomic E-state index is -0.906. The topological polar surface area (TPSA) is 81.5 Å². The van der Waals surface area contributed by atoms with E-state index in [9.17, 15) is 19.1 Å². The minimum Gasteiger partial charge on any atom is -0.504 e. The molecule has 2 N–H and O–H groups in total. The molecule has 1 aliphatic heterocycles. The van der Waals surface area contributed by atoms with Gasteiger partial charge in [0.05, 0.1) is 6.21 Å².